The molecule has 3 aromatic rings. The van der Waals surface area contributed by atoms with Crippen LogP contribution in [0, 0.1) is 6.92 Å². The minimum Gasteiger partial charge on any atom is -0.441 e. The molecule has 6 nitrogen and oxygen atoms in total. The molecule has 0 aliphatic carbocycles. The van der Waals surface area contributed by atoms with Crippen molar-refractivity contribution in [2.75, 3.05) is 18.9 Å². The summed E-state index contributed by atoms with van der Waals surface area (Å²) in [6.45, 7) is 1.89. The molecule has 0 aliphatic rings. The lowest BCUT2D eigenvalue weighted by molar-refractivity contribution is -0.133. The molecule has 0 bridgehead atoms. The number of nitrogens with zero attached hydrogens (tertiary/aromatic N) is 2. The number of anilines is 1. The molecule has 1 aromatic heterocycles. The quantitative estimate of drug-likeness (QED) is 0.555. The van der Waals surface area contributed by atoms with Crippen LogP contribution in [0.2, 0.25) is 10.0 Å². The van der Waals surface area contributed by atoms with Gasteiger partial charge in [-0.2, -0.15) is 0 Å². The van der Waals surface area contributed by atoms with Gasteiger partial charge in [0.05, 0.1) is 28.5 Å². The minimum absolute atomic E-state index is 0.124. The van der Waals surface area contributed by atoms with Crippen LogP contribution >= 0.6 is 23.2 Å². The molecule has 1 N–H and O–H groups in total. The number of rotatable bonds is 7. The highest BCUT2D eigenvalue weighted by Gasteiger charge is 2.16. The average Bonchev–Trinajstić information content (AvgIpc) is 3.18. The number of hydrogen-bond acceptors (Lipinski definition) is 4. The third-order valence-electron chi connectivity index (χ3n) is 4.48. The second kappa shape index (κ2) is 9.78. The normalized spacial score (nSPS) is 10.7. The van der Waals surface area contributed by atoms with Crippen LogP contribution in [-0.4, -0.2) is 35.3 Å². The van der Waals surface area contributed by atoms with E-state index in [1.807, 2.05) is 31.2 Å². The number of amides is 2. The second-order valence-corrected chi connectivity index (χ2v) is 7.69. The fourth-order valence-corrected chi connectivity index (χ4v) is 3.27. The van der Waals surface area contributed by atoms with Gasteiger partial charge < -0.3 is 14.6 Å². The van der Waals surface area contributed by atoms with Crippen molar-refractivity contribution in [3.63, 3.8) is 0 Å². The highest BCUT2D eigenvalue weighted by Crippen LogP contribution is 2.29. The average molecular weight is 446 g/mol. The van der Waals surface area contributed by atoms with Crippen LogP contribution in [0.5, 0.6) is 0 Å². The summed E-state index contributed by atoms with van der Waals surface area (Å²) in [5.41, 5.74) is 2.42. The molecule has 2 amide bonds. The summed E-state index contributed by atoms with van der Waals surface area (Å²) in [7, 11) is 1.56. The molecule has 8 heteroatoms. The summed E-state index contributed by atoms with van der Waals surface area (Å²) in [4.78, 5) is 30.2. The van der Waals surface area contributed by atoms with Crippen LogP contribution in [0.3, 0.4) is 0 Å². The minimum atomic E-state index is -0.390. The molecule has 0 spiro atoms. The van der Waals surface area contributed by atoms with E-state index in [1.54, 1.807) is 31.4 Å². The fraction of sp³-hybridized carbons (Fsp3) is 0.227. The molecule has 0 saturated carbocycles. The molecule has 30 heavy (non-hydrogen) atoms. The van der Waals surface area contributed by atoms with Gasteiger partial charge in [-0.1, -0.05) is 59.1 Å². The lowest BCUT2D eigenvalue weighted by Gasteiger charge is -2.17. The highest BCUT2D eigenvalue weighted by atomic mass is 35.5. The Kier molecular flexibility index (Phi) is 7.13. The fourth-order valence-electron chi connectivity index (χ4n) is 2.78. The van der Waals surface area contributed by atoms with Crippen LogP contribution in [0.1, 0.15) is 17.9 Å². The monoisotopic (exact) mass is 445 g/mol. The lowest BCUT2D eigenvalue weighted by Crippen LogP contribution is -2.35. The first kappa shape index (κ1) is 21.9. The van der Waals surface area contributed by atoms with Crippen molar-refractivity contribution < 1.29 is 14.0 Å². The highest BCUT2D eigenvalue weighted by molar-refractivity contribution is 6.39. The number of para-hydroxylation sites is 1. The van der Waals surface area contributed by atoms with E-state index in [9.17, 15) is 9.59 Å². The Balaban J connectivity index is 1.51. The zero-order chi connectivity index (χ0) is 21.7. The standard InChI is InChI=1S/C22H21Cl2N3O3/c1-14-6-8-15(9-7-14)18-12-25-20(30-18)10-11-21(29)27(2)13-19(28)26-22-16(23)4-3-5-17(22)24/h3-9,12H,10-11,13H2,1-2H3,(H,26,28). The number of carbonyl (C=O) groups excluding carboxylic acids is 2. The Labute approximate surface area is 184 Å². The number of hydrogen-bond donors (Lipinski definition) is 1. The van der Waals surface area contributed by atoms with Gasteiger partial charge in [0.2, 0.25) is 11.8 Å². The predicted molar refractivity (Wildman–Crippen MR) is 118 cm³/mol. The smallest absolute Gasteiger partial charge is 0.244 e. The summed E-state index contributed by atoms with van der Waals surface area (Å²) < 4.78 is 5.74. The summed E-state index contributed by atoms with van der Waals surface area (Å²) in [6.07, 6.45) is 2.16. The molecule has 1 heterocycles. The van der Waals surface area contributed by atoms with Crippen molar-refractivity contribution in [3.8, 4) is 11.3 Å². The van der Waals surface area contributed by atoms with Crippen molar-refractivity contribution >= 4 is 40.7 Å². The maximum Gasteiger partial charge on any atom is 0.244 e. The van der Waals surface area contributed by atoms with Crippen molar-refractivity contribution in [1.82, 2.24) is 9.88 Å². The zero-order valence-electron chi connectivity index (χ0n) is 16.6. The maximum atomic E-state index is 12.4. The van der Waals surface area contributed by atoms with Gasteiger partial charge in [-0.05, 0) is 19.1 Å². The third-order valence-corrected chi connectivity index (χ3v) is 5.11. The van der Waals surface area contributed by atoms with E-state index in [4.69, 9.17) is 27.6 Å². The molecule has 0 atom stereocenters. The zero-order valence-corrected chi connectivity index (χ0v) is 18.1. The molecule has 0 fully saturated rings. The van der Waals surface area contributed by atoms with Gasteiger partial charge in [-0.25, -0.2) is 4.98 Å². The van der Waals surface area contributed by atoms with Gasteiger partial charge >= 0.3 is 0 Å². The number of oxazole rings is 1. The van der Waals surface area contributed by atoms with E-state index in [0.717, 1.165) is 11.1 Å². The molecule has 156 valence electrons. The van der Waals surface area contributed by atoms with Crippen molar-refractivity contribution in [2.45, 2.75) is 19.8 Å². The first-order valence-corrected chi connectivity index (χ1v) is 10.1. The maximum absolute atomic E-state index is 12.4. The van der Waals surface area contributed by atoms with Crippen LogP contribution in [0.4, 0.5) is 5.69 Å². The summed E-state index contributed by atoms with van der Waals surface area (Å²) in [5, 5.41) is 3.30. The Morgan fingerprint density at radius 1 is 1.10 bits per heavy atom. The van der Waals surface area contributed by atoms with Crippen LogP contribution in [0.25, 0.3) is 11.3 Å². The number of aromatic nitrogens is 1. The van der Waals surface area contributed by atoms with Crippen LogP contribution in [-0.2, 0) is 16.0 Å². The number of halogens is 2. The number of nitrogens with one attached hydrogen (secondary N) is 1. The van der Waals surface area contributed by atoms with Gasteiger partial charge in [0.25, 0.3) is 0 Å². The Hall–Kier alpha value is -2.83. The predicted octanol–water partition coefficient (Wildman–Crippen LogP) is 4.99. The van der Waals surface area contributed by atoms with Gasteiger partial charge in [0, 0.05) is 25.5 Å². The molecule has 2 aromatic carbocycles. The first-order chi connectivity index (χ1) is 14.3. The molecular formula is C22H21Cl2N3O3. The van der Waals surface area contributed by atoms with E-state index >= 15 is 0 Å². The van der Waals surface area contributed by atoms with E-state index in [0.29, 0.717) is 33.8 Å². The Bertz CT molecular complexity index is 1030. The van der Waals surface area contributed by atoms with Crippen LogP contribution < -0.4 is 5.32 Å². The van der Waals surface area contributed by atoms with E-state index in [2.05, 4.69) is 10.3 Å². The summed E-state index contributed by atoms with van der Waals surface area (Å²) >= 11 is 12.1. The van der Waals surface area contributed by atoms with Gasteiger partial charge in [0.1, 0.15) is 0 Å². The van der Waals surface area contributed by atoms with Gasteiger partial charge in [-0.3, -0.25) is 9.59 Å². The molecular weight excluding hydrogens is 425 g/mol. The first-order valence-electron chi connectivity index (χ1n) is 9.33. The number of likely N-dealkylation sites (N-methyl/N-ethyl adjacent to an activating group) is 1. The van der Waals surface area contributed by atoms with E-state index < -0.39 is 5.91 Å². The van der Waals surface area contributed by atoms with Crippen molar-refractivity contribution in [1.29, 1.82) is 0 Å². The summed E-state index contributed by atoms with van der Waals surface area (Å²) in [6, 6.07) is 12.8. The summed E-state index contributed by atoms with van der Waals surface area (Å²) in [5.74, 6) is 0.533. The van der Waals surface area contributed by atoms with Crippen molar-refractivity contribution in [2.24, 2.45) is 0 Å². The van der Waals surface area contributed by atoms with E-state index in [1.165, 1.54) is 4.90 Å². The number of benzene rings is 2. The number of carbonyl (C=O) groups is 2. The lowest BCUT2D eigenvalue weighted by atomic mass is 10.1. The Morgan fingerprint density at radius 2 is 1.77 bits per heavy atom. The molecule has 3 rings (SSSR count). The molecule has 0 unspecified atom stereocenters. The number of aryl methyl sites for hydroxylation is 2. The third kappa shape index (κ3) is 5.62. The molecule has 0 radical (unpaired) electrons. The Morgan fingerprint density at radius 3 is 2.43 bits per heavy atom. The second-order valence-electron chi connectivity index (χ2n) is 6.88. The molecule has 0 saturated heterocycles. The van der Waals surface area contributed by atoms with E-state index in [-0.39, 0.29) is 18.9 Å². The largest absolute Gasteiger partial charge is 0.441 e. The van der Waals surface area contributed by atoms with Crippen molar-refractivity contribution in [3.05, 3.63) is 70.2 Å². The van der Waals surface area contributed by atoms with Gasteiger partial charge in [-0.15, -0.1) is 0 Å². The SMILES string of the molecule is Cc1ccc(-c2cnc(CCC(=O)N(C)CC(=O)Nc3c(Cl)cccc3Cl)o2)cc1. The molecule has 0 aliphatic heterocycles. The topological polar surface area (TPSA) is 75.4 Å². The van der Waals surface area contributed by atoms with Crippen LogP contribution in [0.15, 0.2) is 53.1 Å². The van der Waals surface area contributed by atoms with Gasteiger partial charge in [0.15, 0.2) is 11.7 Å².